The van der Waals surface area contributed by atoms with Gasteiger partial charge in [-0.05, 0) is 19.3 Å². The van der Waals surface area contributed by atoms with Crippen LogP contribution in [0.1, 0.15) is 33.1 Å². The van der Waals surface area contributed by atoms with Crippen LogP contribution in [0.25, 0.3) is 0 Å². The van der Waals surface area contributed by atoms with Crippen LogP contribution in [0.3, 0.4) is 0 Å². The molecule has 1 heterocycles. The van der Waals surface area contributed by atoms with E-state index in [0.717, 1.165) is 32.5 Å². The molecule has 16 heavy (non-hydrogen) atoms. The van der Waals surface area contributed by atoms with Gasteiger partial charge in [-0.15, -0.1) is 0 Å². The summed E-state index contributed by atoms with van der Waals surface area (Å²) in [6.07, 6.45) is 2.97. The summed E-state index contributed by atoms with van der Waals surface area (Å²) in [5.41, 5.74) is 0. The minimum absolute atomic E-state index is 0.0169. The minimum Gasteiger partial charge on any atom is -0.465 e. The molecule has 1 unspecified atom stereocenters. The molecule has 0 saturated carbocycles. The fourth-order valence-electron chi connectivity index (χ4n) is 1.17. The molecule has 4 nitrogen and oxygen atoms in total. The molecule has 0 spiro atoms. The van der Waals surface area contributed by atoms with Crippen LogP contribution in [0.15, 0.2) is 0 Å². The van der Waals surface area contributed by atoms with E-state index < -0.39 is 0 Å². The molecule has 2 atom stereocenters. The van der Waals surface area contributed by atoms with Gasteiger partial charge in [0, 0.05) is 6.61 Å². The van der Waals surface area contributed by atoms with Gasteiger partial charge in [0.05, 0.1) is 25.7 Å². The standard InChI is InChI=1S/C12H22O4/c1-3-10(2)12(13)15-7-5-4-6-14-8-11-9-16-11/h10-11H,3-9H2,1-2H3/t10-,11?/m1/s1. The van der Waals surface area contributed by atoms with Crippen molar-refractivity contribution in [1.82, 2.24) is 0 Å². The van der Waals surface area contributed by atoms with Gasteiger partial charge in [0.25, 0.3) is 0 Å². The predicted molar refractivity (Wildman–Crippen MR) is 60.2 cm³/mol. The van der Waals surface area contributed by atoms with E-state index in [9.17, 15) is 4.79 Å². The van der Waals surface area contributed by atoms with E-state index in [1.54, 1.807) is 0 Å². The summed E-state index contributed by atoms with van der Waals surface area (Å²) in [6.45, 7) is 6.65. The van der Waals surface area contributed by atoms with E-state index in [1.165, 1.54) is 0 Å². The highest BCUT2D eigenvalue weighted by Gasteiger charge is 2.21. The third-order valence-corrected chi connectivity index (χ3v) is 2.65. The maximum absolute atomic E-state index is 11.3. The van der Waals surface area contributed by atoms with Crippen molar-refractivity contribution in [2.75, 3.05) is 26.4 Å². The molecule has 0 bridgehead atoms. The second-order valence-electron chi connectivity index (χ2n) is 4.21. The quantitative estimate of drug-likeness (QED) is 0.344. The lowest BCUT2D eigenvalue weighted by atomic mass is 10.1. The molecular weight excluding hydrogens is 208 g/mol. The Morgan fingerprint density at radius 2 is 2.12 bits per heavy atom. The van der Waals surface area contributed by atoms with Crippen molar-refractivity contribution in [2.24, 2.45) is 5.92 Å². The van der Waals surface area contributed by atoms with Gasteiger partial charge in [0.2, 0.25) is 0 Å². The largest absolute Gasteiger partial charge is 0.465 e. The van der Waals surface area contributed by atoms with Crippen molar-refractivity contribution < 1.29 is 19.0 Å². The van der Waals surface area contributed by atoms with Gasteiger partial charge >= 0.3 is 5.97 Å². The molecule has 94 valence electrons. The van der Waals surface area contributed by atoms with Crippen molar-refractivity contribution in [3.63, 3.8) is 0 Å². The second kappa shape index (κ2) is 7.63. The van der Waals surface area contributed by atoms with E-state index in [2.05, 4.69) is 0 Å². The predicted octanol–water partition coefficient (Wildman–Crippen LogP) is 1.77. The van der Waals surface area contributed by atoms with Gasteiger partial charge in [-0.25, -0.2) is 0 Å². The first-order chi connectivity index (χ1) is 7.74. The van der Waals surface area contributed by atoms with Crippen LogP contribution >= 0.6 is 0 Å². The minimum atomic E-state index is -0.0881. The summed E-state index contributed by atoms with van der Waals surface area (Å²) in [5.74, 6) is -0.0712. The molecule has 1 aliphatic rings. The van der Waals surface area contributed by atoms with Gasteiger partial charge in [0.15, 0.2) is 0 Å². The fourth-order valence-corrected chi connectivity index (χ4v) is 1.17. The van der Waals surface area contributed by atoms with Crippen LogP contribution in [0, 0.1) is 5.92 Å². The highest BCUT2D eigenvalue weighted by molar-refractivity contribution is 5.71. The molecule has 0 aliphatic carbocycles. The van der Waals surface area contributed by atoms with E-state index >= 15 is 0 Å². The molecule has 0 N–H and O–H groups in total. The SMILES string of the molecule is CC[C@@H](C)C(=O)OCCCCOCC1CO1. The van der Waals surface area contributed by atoms with Gasteiger partial charge in [-0.1, -0.05) is 13.8 Å². The Bertz CT molecular complexity index is 201. The smallest absolute Gasteiger partial charge is 0.308 e. The number of rotatable bonds is 9. The van der Waals surface area contributed by atoms with Crippen molar-refractivity contribution >= 4 is 5.97 Å². The number of esters is 1. The topological polar surface area (TPSA) is 48.1 Å². The highest BCUT2D eigenvalue weighted by Crippen LogP contribution is 2.09. The summed E-state index contributed by atoms with van der Waals surface area (Å²) >= 11 is 0. The van der Waals surface area contributed by atoms with Gasteiger partial charge < -0.3 is 14.2 Å². The first kappa shape index (κ1) is 13.5. The van der Waals surface area contributed by atoms with Crippen LogP contribution in [-0.2, 0) is 19.0 Å². The Morgan fingerprint density at radius 1 is 1.44 bits per heavy atom. The zero-order valence-electron chi connectivity index (χ0n) is 10.2. The van der Waals surface area contributed by atoms with Gasteiger partial charge in [-0.2, -0.15) is 0 Å². The Labute approximate surface area is 97.2 Å². The second-order valence-corrected chi connectivity index (χ2v) is 4.21. The number of carbonyl (C=O) groups excluding carboxylic acids is 1. The summed E-state index contributed by atoms with van der Waals surface area (Å²) in [7, 11) is 0. The van der Waals surface area contributed by atoms with Crippen molar-refractivity contribution in [2.45, 2.75) is 39.2 Å². The number of epoxide rings is 1. The molecule has 0 aromatic heterocycles. The van der Waals surface area contributed by atoms with E-state index in [0.29, 0.717) is 19.3 Å². The summed E-state index contributed by atoms with van der Waals surface area (Å²) in [4.78, 5) is 11.3. The fraction of sp³-hybridized carbons (Fsp3) is 0.917. The zero-order chi connectivity index (χ0) is 11.8. The third kappa shape index (κ3) is 6.08. The lowest BCUT2D eigenvalue weighted by Crippen LogP contribution is -2.14. The maximum Gasteiger partial charge on any atom is 0.308 e. The molecule has 0 aromatic rings. The number of carbonyl (C=O) groups is 1. The molecular formula is C12H22O4. The number of ether oxygens (including phenoxy) is 3. The van der Waals surface area contributed by atoms with Gasteiger partial charge in [-0.3, -0.25) is 4.79 Å². The molecule has 1 saturated heterocycles. The molecule has 1 aliphatic heterocycles. The van der Waals surface area contributed by atoms with Crippen LogP contribution in [0.4, 0.5) is 0 Å². The van der Waals surface area contributed by atoms with Crippen LogP contribution in [0.5, 0.6) is 0 Å². The van der Waals surface area contributed by atoms with Crippen molar-refractivity contribution in [3.05, 3.63) is 0 Å². The van der Waals surface area contributed by atoms with Crippen molar-refractivity contribution in [1.29, 1.82) is 0 Å². The van der Waals surface area contributed by atoms with Crippen LogP contribution < -0.4 is 0 Å². The van der Waals surface area contributed by atoms with Gasteiger partial charge in [0.1, 0.15) is 6.10 Å². The van der Waals surface area contributed by atoms with E-state index in [-0.39, 0.29) is 11.9 Å². The molecule has 0 amide bonds. The lowest BCUT2D eigenvalue weighted by Gasteiger charge is -2.08. The Morgan fingerprint density at radius 3 is 2.75 bits per heavy atom. The maximum atomic E-state index is 11.3. The first-order valence-corrected chi connectivity index (χ1v) is 6.10. The highest BCUT2D eigenvalue weighted by atomic mass is 16.6. The van der Waals surface area contributed by atoms with Crippen LogP contribution in [-0.4, -0.2) is 38.5 Å². The molecule has 0 radical (unpaired) electrons. The zero-order valence-corrected chi connectivity index (χ0v) is 10.2. The Kier molecular flexibility index (Phi) is 6.42. The van der Waals surface area contributed by atoms with E-state index in [1.807, 2.05) is 13.8 Å². The molecule has 4 heteroatoms. The third-order valence-electron chi connectivity index (χ3n) is 2.65. The number of unbranched alkanes of at least 4 members (excludes halogenated alkanes) is 1. The Hall–Kier alpha value is -0.610. The summed E-state index contributed by atoms with van der Waals surface area (Å²) < 4.78 is 15.5. The summed E-state index contributed by atoms with van der Waals surface area (Å²) in [6, 6.07) is 0. The lowest BCUT2D eigenvalue weighted by molar-refractivity contribution is -0.148. The molecule has 1 rings (SSSR count). The average molecular weight is 230 g/mol. The summed E-state index contributed by atoms with van der Waals surface area (Å²) in [5, 5.41) is 0. The monoisotopic (exact) mass is 230 g/mol. The Balaban J connectivity index is 1.81. The van der Waals surface area contributed by atoms with E-state index in [4.69, 9.17) is 14.2 Å². The molecule has 1 fully saturated rings. The average Bonchev–Trinajstić information content (AvgIpc) is 3.10. The number of hydrogen-bond acceptors (Lipinski definition) is 4. The molecule has 0 aromatic carbocycles. The van der Waals surface area contributed by atoms with Crippen molar-refractivity contribution in [3.8, 4) is 0 Å². The van der Waals surface area contributed by atoms with Crippen LogP contribution in [0.2, 0.25) is 0 Å². The number of hydrogen-bond donors (Lipinski definition) is 0. The normalized spacial score (nSPS) is 20.5. The first-order valence-electron chi connectivity index (χ1n) is 6.10.